The van der Waals surface area contributed by atoms with Crippen LogP contribution in [0.25, 0.3) is 0 Å². The normalized spacial score (nSPS) is 21.3. The van der Waals surface area contributed by atoms with E-state index in [1.165, 1.54) is 4.90 Å². The van der Waals surface area contributed by atoms with Crippen molar-refractivity contribution in [3.8, 4) is 0 Å². The van der Waals surface area contributed by atoms with Gasteiger partial charge in [0, 0.05) is 19.4 Å². The van der Waals surface area contributed by atoms with E-state index in [2.05, 4.69) is 10.2 Å². The maximum Gasteiger partial charge on any atom is 0.325 e. The van der Waals surface area contributed by atoms with Gasteiger partial charge in [-0.05, 0) is 6.42 Å². The first-order valence-corrected chi connectivity index (χ1v) is 5.41. The highest BCUT2D eigenvalue weighted by Gasteiger charge is 2.32. The molecule has 1 aromatic rings. The largest absolute Gasteiger partial charge is 0.408 e. The van der Waals surface area contributed by atoms with Crippen molar-refractivity contribution in [2.75, 3.05) is 11.4 Å². The minimum absolute atomic E-state index is 0.0540. The molecule has 5 nitrogen and oxygen atoms in total. The second kappa shape index (κ2) is 4.18. The summed E-state index contributed by atoms with van der Waals surface area (Å²) in [4.78, 5) is 12.9. The van der Waals surface area contributed by atoms with Gasteiger partial charge in [0.25, 0.3) is 0 Å². The summed E-state index contributed by atoms with van der Waals surface area (Å²) in [6.45, 7) is 2.48. The van der Waals surface area contributed by atoms with Crippen LogP contribution in [0.4, 0.5) is 6.01 Å². The van der Waals surface area contributed by atoms with Gasteiger partial charge in [-0.2, -0.15) is 0 Å². The highest BCUT2D eigenvalue weighted by molar-refractivity contribution is 6.24. The fourth-order valence-corrected chi connectivity index (χ4v) is 1.79. The Labute approximate surface area is 92.4 Å². The number of aryl methyl sites for hydroxylation is 1. The van der Waals surface area contributed by atoms with Gasteiger partial charge in [-0.1, -0.05) is 12.0 Å². The van der Waals surface area contributed by atoms with E-state index in [0.717, 1.165) is 12.8 Å². The molecule has 0 aromatic carbocycles. The van der Waals surface area contributed by atoms with Crippen LogP contribution in [0, 0.1) is 0 Å². The van der Waals surface area contributed by atoms with E-state index in [0.29, 0.717) is 18.9 Å². The smallest absolute Gasteiger partial charge is 0.325 e. The molecule has 2 rings (SSSR count). The Kier molecular flexibility index (Phi) is 2.90. The molecule has 0 saturated carbocycles. The molecule has 1 aromatic heterocycles. The second-order valence-corrected chi connectivity index (χ2v) is 4.15. The van der Waals surface area contributed by atoms with E-state index < -0.39 is 0 Å². The summed E-state index contributed by atoms with van der Waals surface area (Å²) in [5.41, 5.74) is 0. The third kappa shape index (κ3) is 2.12. The summed E-state index contributed by atoms with van der Waals surface area (Å²) in [5, 5.41) is 7.53. The third-order valence-electron chi connectivity index (χ3n) is 2.23. The summed E-state index contributed by atoms with van der Waals surface area (Å²) in [7, 11) is 0. The van der Waals surface area contributed by atoms with Gasteiger partial charge in [0.1, 0.15) is 0 Å². The molecular weight excluding hydrogens is 218 g/mol. The van der Waals surface area contributed by atoms with Gasteiger partial charge in [-0.25, -0.2) is 0 Å². The fraction of sp³-hybridized carbons (Fsp3) is 0.667. The predicted molar refractivity (Wildman–Crippen MR) is 54.9 cm³/mol. The highest BCUT2D eigenvalue weighted by atomic mass is 35.5. The molecule has 1 fully saturated rings. The van der Waals surface area contributed by atoms with Crippen LogP contribution >= 0.6 is 11.6 Å². The van der Waals surface area contributed by atoms with E-state index in [9.17, 15) is 4.79 Å². The molecule has 2 heterocycles. The average Bonchev–Trinajstić information content (AvgIpc) is 2.73. The topological polar surface area (TPSA) is 59.2 Å². The molecule has 1 aliphatic rings. The molecule has 1 atom stereocenters. The van der Waals surface area contributed by atoms with Crippen molar-refractivity contribution in [1.29, 1.82) is 0 Å². The Morgan fingerprint density at radius 2 is 2.40 bits per heavy atom. The van der Waals surface area contributed by atoms with Crippen LogP contribution < -0.4 is 4.90 Å². The molecule has 1 unspecified atom stereocenters. The van der Waals surface area contributed by atoms with Crippen LogP contribution in [0.1, 0.15) is 25.7 Å². The number of hydrogen-bond acceptors (Lipinski definition) is 4. The number of hydrogen-bond donors (Lipinski definition) is 0. The van der Waals surface area contributed by atoms with Gasteiger partial charge in [-0.15, -0.1) is 16.7 Å². The molecule has 0 bridgehead atoms. The molecule has 1 aliphatic heterocycles. The molecule has 0 radical (unpaired) electrons. The zero-order chi connectivity index (χ0) is 10.8. The lowest BCUT2D eigenvalue weighted by molar-refractivity contribution is -0.117. The van der Waals surface area contributed by atoms with Crippen LogP contribution in [-0.2, 0) is 11.2 Å². The van der Waals surface area contributed by atoms with Gasteiger partial charge < -0.3 is 4.42 Å². The average molecular weight is 230 g/mol. The number of carbonyl (C=O) groups excluding carboxylic acids is 1. The summed E-state index contributed by atoms with van der Waals surface area (Å²) in [6.07, 6.45) is 2.01. The lowest BCUT2D eigenvalue weighted by Gasteiger charge is -2.08. The highest BCUT2D eigenvalue weighted by Crippen LogP contribution is 2.23. The third-order valence-corrected chi connectivity index (χ3v) is 2.52. The Hall–Kier alpha value is -1.10. The number of aromatic nitrogens is 2. The van der Waals surface area contributed by atoms with Crippen molar-refractivity contribution < 1.29 is 9.21 Å². The number of amides is 1. The fourth-order valence-electron chi connectivity index (χ4n) is 1.52. The summed E-state index contributed by atoms with van der Waals surface area (Å²) in [5.74, 6) is 0.514. The van der Waals surface area contributed by atoms with Crippen LogP contribution in [0.2, 0.25) is 0 Å². The molecule has 1 amide bonds. The van der Waals surface area contributed by atoms with Crippen molar-refractivity contribution in [3.05, 3.63) is 5.89 Å². The number of anilines is 1. The first kappa shape index (κ1) is 10.4. The van der Waals surface area contributed by atoms with Crippen LogP contribution in [0.5, 0.6) is 0 Å². The Bertz CT molecular complexity index is 366. The number of alkyl halides is 1. The first-order chi connectivity index (χ1) is 7.20. The van der Waals surface area contributed by atoms with Gasteiger partial charge >= 0.3 is 6.01 Å². The lowest BCUT2D eigenvalue weighted by Crippen LogP contribution is -2.24. The summed E-state index contributed by atoms with van der Waals surface area (Å²) in [6, 6.07) is 0.270. The van der Waals surface area contributed by atoms with Crippen molar-refractivity contribution in [3.63, 3.8) is 0 Å². The number of carbonyl (C=O) groups is 1. The van der Waals surface area contributed by atoms with Crippen molar-refractivity contribution >= 4 is 23.5 Å². The Morgan fingerprint density at radius 3 is 3.00 bits per heavy atom. The van der Waals surface area contributed by atoms with Crippen LogP contribution in [-0.4, -0.2) is 28.0 Å². The van der Waals surface area contributed by atoms with Crippen LogP contribution in [0.3, 0.4) is 0 Å². The quantitative estimate of drug-likeness (QED) is 0.735. The zero-order valence-electron chi connectivity index (χ0n) is 8.44. The molecule has 1 saturated heterocycles. The SMILES string of the molecule is CCCc1nnc(N2CC(Cl)CC2=O)o1. The number of halogens is 1. The lowest BCUT2D eigenvalue weighted by atomic mass is 10.3. The molecular formula is C9H12ClN3O2. The van der Waals surface area contributed by atoms with Gasteiger partial charge in [-0.3, -0.25) is 9.69 Å². The van der Waals surface area contributed by atoms with E-state index in [-0.39, 0.29) is 17.3 Å². The van der Waals surface area contributed by atoms with Gasteiger partial charge in [0.05, 0.1) is 5.38 Å². The number of rotatable bonds is 3. The van der Waals surface area contributed by atoms with Gasteiger partial charge in [0.15, 0.2) is 0 Å². The first-order valence-electron chi connectivity index (χ1n) is 4.97. The van der Waals surface area contributed by atoms with E-state index >= 15 is 0 Å². The Morgan fingerprint density at radius 1 is 1.60 bits per heavy atom. The van der Waals surface area contributed by atoms with Crippen molar-refractivity contribution in [2.24, 2.45) is 0 Å². The molecule has 0 N–H and O–H groups in total. The van der Waals surface area contributed by atoms with E-state index in [1.807, 2.05) is 6.92 Å². The maximum absolute atomic E-state index is 11.5. The van der Waals surface area contributed by atoms with E-state index in [4.69, 9.17) is 16.0 Å². The minimum Gasteiger partial charge on any atom is -0.408 e. The standard InChI is InChI=1S/C9H12ClN3O2/c1-2-3-7-11-12-9(15-7)13-5-6(10)4-8(13)14/h6H,2-5H2,1H3. The van der Waals surface area contributed by atoms with Crippen molar-refractivity contribution in [1.82, 2.24) is 10.2 Å². The second-order valence-electron chi connectivity index (χ2n) is 3.53. The molecule has 0 aliphatic carbocycles. The summed E-state index contributed by atoms with van der Waals surface area (Å²) < 4.78 is 5.35. The summed E-state index contributed by atoms with van der Waals surface area (Å²) >= 11 is 5.87. The van der Waals surface area contributed by atoms with E-state index in [1.54, 1.807) is 0 Å². The Balaban J connectivity index is 2.12. The van der Waals surface area contributed by atoms with Crippen LogP contribution in [0.15, 0.2) is 4.42 Å². The minimum atomic E-state index is -0.154. The number of nitrogens with zero attached hydrogens (tertiary/aromatic N) is 3. The zero-order valence-corrected chi connectivity index (χ0v) is 9.20. The van der Waals surface area contributed by atoms with Gasteiger partial charge in [0.2, 0.25) is 11.8 Å². The monoisotopic (exact) mass is 229 g/mol. The van der Waals surface area contributed by atoms with Crippen molar-refractivity contribution in [2.45, 2.75) is 31.6 Å². The molecule has 6 heteroatoms. The molecule has 0 spiro atoms. The molecule has 82 valence electrons. The molecule has 15 heavy (non-hydrogen) atoms. The predicted octanol–water partition coefficient (Wildman–Crippen LogP) is 1.37. The maximum atomic E-state index is 11.5.